The minimum absolute atomic E-state index is 0. The SMILES string of the molecule is Cl.[O-][NH2+]CCCl. The first-order valence-electron chi connectivity index (χ1n) is 1.41. The van der Waals surface area contributed by atoms with E-state index in [2.05, 4.69) is 0 Å². The Hall–Kier alpha value is 0.500. The highest BCUT2D eigenvalue weighted by Crippen LogP contribution is 1.59. The predicted molar refractivity (Wildman–Crippen MR) is 28.1 cm³/mol. The lowest BCUT2D eigenvalue weighted by Gasteiger charge is -1.92. The third-order valence-corrected chi connectivity index (χ3v) is 0.445. The molecule has 0 saturated heterocycles. The van der Waals surface area contributed by atoms with E-state index in [0.29, 0.717) is 12.4 Å². The minimum atomic E-state index is 0. The second-order valence-corrected chi connectivity index (χ2v) is 1.02. The average Bonchev–Trinajstić information content (AvgIpc) is 1.41. The Morgan fingerprint density at radius 1 is 1.67 bits per heavy atom. The zero-order valence-corrected chi connectivity index (χ0v) is 4.76. The van der Waals surface area contributed by atoms with Gasteiger partial charge in [0.05, 0.1) is 12.4 Å². The number of alkyl halides is 1. The molecule has 0 fully saturated rings. The van der Waals surface area contributed by atoms with Crippen LogP contribution in [0.1, 0.15) is 0 Å². The van der Waals surface area contributed by atoms with Crippen LogP contribution in [0.15, 0.2) is 0 Å². The van der Waals surface area contributed by atoms with Crippen molar-refractivity contribution in [3.05, 3.63) is 5.21 Å². The molecule has 0 aromatic rings. The molecule has 0 amide bonds. The maximum absolute atomic E-state index is 9.32. The third kappa shape index (κ3) is 8.82. The fourth-order valence-electron chi connectivity index (χ4n) is 0.0445. The van der Waals surface area contributed by atoms with Crippen molar-refractivity contribution in [2.45, 2.75) is 0 Å². The van der Waals surface area contributed by atoms with Gasteiger partial charge in [0, 0.05) is 0 Å². The van der Waals surface area contributed by atoms with Crippen molar-refractivity contribution < 1.29 is 5.48 Å². The quantitative estimate of drug-likeness (QED) is 0.407. The van der Waals surface area contributed by atoms with Crippen molar-refractivity contribution in [2.24, 2.45) is 0 Å². The first-order chi connectivity index (χ1) is 2.41. The van der Waals surface area contributed by atoms with Crippen LogP contribution in [0.5, 0.6) is 0 Å². The molecule has 0 heterocycles. The number of nitrogens with two attached hydrogens (primary N) is 1. The van der Waals surface area contributed by atoms with Gasteiger partial charge in [-0.25, -0.2) is 0 Å². The van der Waals surface area contributed by atoms with Crippen LogP contribution in [0.3, 0.4) is 0 Å². The Balaban J connectivity index is 0. The van der Waals surface area contributed by atoms with E-state index in [9.17, 15) is 5.21 Å². The van der Waals surface area contributed by atoms with Gasteiger partial charge in [0.25, 0.3) is 0 Å². The van der Waals surface area contributed by atoms with E-state index in [-0.39, 0.29) is 12.4 Å². The molecule has 0 spiro atoms. The average molecular weight is 132 g/mol. The van der Waals surface area contributed by atoms with Crippen LogP contribution in [0, 0.1) is 5.21 Å². The molecule has 0 unspecified atom stereocenters. The first kappa shape index (κ1) is 9.71. The molecule has 0 aromatic heterocycles. The van der Waals surface area contributed by atoms with E-state index < -0.39 is 0 Å². The topological polar surface area (TPSA) is 39.7 Å². The third-order valence-electron chi connectivity index (χ3n) is 0.227. The monoisotopic (exact) mass is 131 g/mol. The summed E-state index contributed by atoms with van der Waals surface area (Å²) in [4.78, 5) is 0. The van der Waals surface area contributed by atoms with E-state index in [0.717, 1.165) is 5.48 Å². The van der Waals surface area contributed by atoms with Crippen LogP contribution in [0.4, 0.5) is 0 Å². The number of halogens is 2. The van der Waals surface area contributed by atoms with Gasteiger partial charge in [-0.1, -0.05) is 0 Å². The Morgan fingerprint density at radius 2 is 2.17 bits per heavy atom. The van der Waals surface area contributed by atoms with E-state index in [4.69, 9.17) is 11.6 Å². The maximum Gasteiger partial charge on any atom is 0.0890 e. The van der Waals surface area contributed by atoms with Crippen molar-refractivity contribution in [1.29, 1.82) is 0 Å². The van der Waals surface area contributed by atoms with E-state index in [1.165, 1.54) is 0 Å². The Labute approximate surface area is 47.9 Å². The summed E-state index contributed by atoms with van der Waals surface area (Å²) < 4.78 is 0. The summed E-state index contributed by atoms with van der Waals surface area (Å²) in [5.41, 5.74) is 0.799. The molecule has 0 aliphatic heterocycles. The maximum atomic E-state index is 9.32. The molecule has 0 bridgehead atoms. The molecular formula is C2H7Cl2NO. The second kappa shape index (κ2) is 9.09. The van der Waals surface area contributed by atoms with Gasteiger partial charge in [-0.2, -0.15) is 0 Å². The number of rotatable bonds is 2. The Morgan fingerprint density at radius 3 is 2.17 bits per heavy atom. The molecule has 6 heavy (non-hydrogen) atoms. The molecule has 4 heteroatoms. The van der Waals surface area contributed by atoms with Gasteiger partial charge in [-0.05, 0) is 0 Å². The van der Waals surface area contributed by atoms with Crippen molar-refractivity contribution in [1.82, 2.24) is 0 Å². The van der Waals surface area contributed by atoms with Gasteiger partial charge >= 0.3 is 0 Å². The fourth-order valence-corrected chi connectivity index (χ4v) is 0.134. The highest BCUT2D eigenvalue weighted by atomic mass is 35.5. The van der Waals surface area contributed by atoms with Gasteiger partial charge in [0.2, 0.25) is 0 Å². The zero-order chi connectivity index (χ0) is 4.12. The summed E-state index contributed by atoms with van der Waals surface area (Å²) in [7, 11) is 0. The molecule has 2 N–H and O–H groups in total. The molecule has 2 nitrogen and oxygen atoms in total. The van der Waals surface area contributed by atoms with E-state index in [1.54, 1.807) is 0 Å². The van der Waals surface area contributed by atoms with Gasteiger partial charge in [0.15, 0.2) is 0 Å². The van der Waals surface area contributed by atoms with Gasteiger partial charge in [0.1, 0.15) is 0 Å². The summed E-state index contributed by atoms with van der Waals surface area (Å²) in [5, 5.41) is 9.32. The van der Waals surface area contributed by atoms with Crippen LogP contribution in [0.25, 0.3) is 0 Å². The standard InChI is InChI=1S/C2H6ClNO.ClH/c3-1-2-4-5;/h1-2,4H2;1H. The molecule has 0 aromatic carbocycles. The van der Waals surface area contributed by atoms with Crippen LogP contribution >= 0.6 is 24.0 Å². The van der Waals surface area contributed by atoms with Crippen molar-refractivity contribution in [3.63, 3.8) is 0 Å². The first-order valence-corrected chi connectivity index (χ1v) is 1.95. The molecule has 0 rings (SSSR count). The lowest BCUT2D eigenvalue weighted by Crippen LogP contribution is -2.77. The lowest BCUT2D eigenvalue weighted by molar-refractivity contribution is -0.584. The molecule has 0 atom stereocenters. The van der Waals surface area contributed by atoms with Crippen LogP contribution in [-0.2, 0) is 0 Å². The molecule has 0 radical (unpaired) electrons. The summed E-state index contributed by atoms with van der Waals surface area (Å²) in [6.45, 7) is 0.474. The highest BCUT2D eigenvalue weighted by Gasteiger charge is 1.67. The van der Waals surface area contributed by atoms with Crippen LogP contribution < -0.4 is 5.48 Å². The van der Waals surface area contributed by atoms with E-state index >= 15 is 0 Å². The van der Waals surface area contributed by atoms with Crippen LogP contribution in [0.2, 0.25) is 0 Å². The fraction of sp³-hybridized carbons (Fsp3) is 1.00. The number of quaternary nitrogens is 1. The summed E-state index contributed by atoms with van der Waals surface area (Å²) >= 11 is 5.07. The van der Waals surface area contributed by atoms with Gasteiger partial charge in [-0.3, -0.25) is 0 Å². The molecule has 40 valence electrons. The molecular weight excluding hydrogens is 125 g/mol. The largest absolute Gasteiger partial charge is 0.636 e. The van der Waals surface area contributed by atoms with E-state index in [1.807, 2.05) is 0 Å². The zero-order valence-electron chi connectivity index (χ0n) is 3.19. The second-order valence-electron chi connectivity index (χ2n) is 0.644. The number of hydroxylamine groups is 1. The van der Waals surface area contributed by atoms with Crippen molar-refractivity contribution in [3.8, 4) is 0 Å². The normalized spacial score (nSPS) is 7.00. The number of hydrogen-bond acceptors (Lipinski definition) is 1. The Bertz CT molecular complexity index is 19.0. The minimum Gasteiger partial charge on any atom is -0.636 e. The van der Waals surface area contributed by atoms with Gasteiger partial charge < -0.3 is 10.7 Å². The van der Waals surface area contributed by atoms with Crippen LogP contribution in [-0.4, -0.2) is 12.4 Å². The smallest absolute Gasteiger partial charge is 0.0890 e. The lowest BCUT2D eigenvalue weighted by atomic mass is 10.8. The van der Waals surface area contributed by atoms with Crippen molar-refractivity contribution >= 4 is 24.0 Å². The summed E-state index contributed by atoms with van der Waals surface area (Å²) in [5.74, 6) is 0.448. The predicted octanol–water partition coefficient (Wildman–Crippen LogP) is -0.292. The highest BCUT2D eigenvalue weighted by molar-refractivity contribution is 6.17. The Kier molecular flexibility index (Phi) is 14.7. The molecule has 0 aliphatic carbocycles. The molecule has 0 aliphatic rings. The summed E-state index contributed by atoms with van der Waals surface area (Å²) in [6, 6.07) is 0. The molecule has 0 saturated carbocycles. The summed E-state index contributed by atoms with van der Waals surface area (Å²) in [6.07, 6.45) is 0. The van der Waals surface area contributed by atoms with Gasteiger partial charge in [-0.15, -0.1) is 24.0 Å². The number of hydrogen-bond donors (Lipinski definition) is 1. The van der Waals surface area contributed by atoms with Crippen molar-refractivity contribution in [2.75, 3.05) is 12.4 Å².